The molecule has 0 saturated heterocycles. The smallest absolute Gasteiger partial charge is 0.268 e. The van der Waals surface area contributed by atoms with E-state index in [9.17, 15) is 9.18 Å². The van der Waals surface area contributed by atoms with Crippen molar-refractivity contribution < 1.29 is 13.9 Å². The number of amides is 1. The first kappa shape index (κ1) is 15.7. The Bertz CT molecular complexity index is 820. The zero-order valence-corrected chi connectivity index (χ0v) is 13.0. The largest absolute Gasteiger partial charge is 0.453 e. The molecule has 0 aliphatic carbocycles. The highest BCUT2D eigenvalue weighted by Crippen LogP contribution is 2.26. The average molecular weight is 325 g/mol. The first-order valence-corrected chi connectivity index (χ1v) is 7.45. The fourth-order valence-corrected chi connectivity index (χ4v) is 2.23. The van der Waals surface area contributed by atoms with E-state index < -0.39 is 5.82 Å². The van der Waals surface area contributed by atoms with Crippen molar-refractivity contribution in [2.24, 2.45) is 0 Å². The van der Waals surface area contributed by atoms with Crippen LogP contribution in [0.2, 0.25) is 0 Å². The minimum absolute atomic E-state index is 0.106. The Hall–Kier alpha value is -3.15. The van der Waals surface area contributed by atoms with Crippen molar-refractivity contribution in [2.45, 2.75) is 13.0 Å². The van der Waals surface area contributed by atoms with Crippen molar-refractivity contribution in [1.82, 2.24) is 15.3 Å². The van der Waals surface area contributed by atoms with Crippen LogP contribution in [0.3, 0.4) is 0 Å². The van der Waals surface area contributed by atoms with Crippen LogP contribution in [0, 0.1) is 5.82 Å². The van der Waals surface area contributed by atoms with Crippen molar-refractivity contribution in [3.63, 3.8) is 0 Å². The van der Waals surface area contributed by atoms with Gasteiger partial charge in [0.1, 0.15) is 11.4 Å². The van der Waals surface area contributed by atoms with Gasteiger partial charge in [-0.05, 0) is 48.9 Å². The van der Waals surface area contributed by atoms with Gasteiger partial charge in [-0.3, -0.25) is 9.78 Å². The number of nitrogens with one attached hydrogen (secondary N) is 2. The summed E-state index contributed by atoms with van der Waals surface area (Å²) < 4.78 is 19.7. The molecule has 0 aliphatic rings. The normalized spacial score (nSPS) is 11.8. The Morgan fingerprint density at radius 3 is 2.83 bits per heavy atom. The van der Waals surface area contributed by atoms with Gasteiger partial charge in [-0.15, -0.1) is 0 Å². The zero-order valence-electron chi connectivity index (χ0n) is 13.0. The number of aromatic amines is 1. The third-order valence-corrected chi connectivity index (χ3v) is 3.51. The van der Waals surface area contributed by atoms with E-state index in [0.717, 1.165) is 0 Å². The monoisotopic (exact) mass is 325 g/mol. The summed E-state index contributed by atoms with van der Waals surface area (Å²) in [5, 5.41) is 2.81. The molecule has 1 amide bonds. The molecule has 24 heavy (non-hydrogen) atoms. The molecule has 122 valence electrons. The Kier molecular flexibility index (Phi) is 4.56. The molecule has 6 heteroatoms. The number of nitrogens with zero attached hydrogens (tertiary/aromatic N) is 1. The standard InChI is InChI=1S/C18H16FN3O2/c1-12(22-18(23)16-5-3-9-21-16)13-6-7-17(15(19)10-13)24-14-4-2-8-20-11-14/h2-12,21H,1H3,(H,22,23)/t12-/m1/s1. The summed E-state index contributed by atoms with van der Waals surface area (Å²) in [6.45, 7) is 1.79. The highest BCUT2D eigenvalue weighted by molar-refractivity contribution is 5.92. The van der Waals surface area contributed by atoms with Crippen LogP contribution in [0.15, 0.2) is 61.1 Å². The number of carbonyl (C=O) groups excluding carboxylic acids is 1. The fraction of sp³-hybridized carbons (Fsp3) is 0.111. The van der Waals surface area contributed by atoms with Crippen molar-refractivity contribution in [2.75, 3.05) is 0 Å². The number of ether oxygens (including phenoxy) is 1. The van der Waals surface area contributed by atoms with Crippen molar-refractivity contribution in [3.05, 3.63) is 78.1 Å². The molecule has 1 aromatic carbocycles. The molecule has 2 aromatic heterocycles. The molecule has 1 atom stereocenters. The van der Waals surface area contributed by atoms with Gasteiger partial charge < -0.3 is 15.0 Å². The summed E-state index contributed by atoms with van der Waals surface area (Å²) >= 11 is 0. The molecule has 0 unspecified atom stereocenters. The Morgan fingerprint density at radius 1 is 1.29 bits per heavy atom. The summed E-state index contributed by atoms with van der Waals surface area (Å²) in [5.41, 5.74) is 1.10. The second kappa shape index (κ2) is 6.95. The topological polar surface area (TPSA) is 67.0 Å². The molecular weight excluding hydrogens is 309 g/mol. The van der Waals surface area contributed by atoms with Gasteiger partial charge in [0, 0.05) is 12.4 Å². The number of halogens is 1. The lowest BCUT2D eigenvalue weighted by atomic mass is 10.1. The molecule has 0 radical (unpaired) electrons. The maximum Gasteiger partial charge on any atom is 0.268 e. The molecule has 0 saturated carbocycles. The van der Waals surface area contributed by atoms with Crippen molar-refractivity contribution in [3.8, 4) is 11.5 Å². The van der Waals surface area contributed by atoms with E-state index >= 15 is 0 Å². The third-order valence-electron chi connectivity index (χ3n) is 3.51. The Labute approximate surface area is 138 Å². The highest BCUT2D eigenvalue weighted by atomic mass is 19.1. The fourth-order valence-electron chi connectivity index (χ4n) is 2.23. The van der Waals surface area contributed by atoms with E-state index in [-0.39, 0.29) is 17.7 Å². The average Bonchev–Trinajstić information content (AvgIpc) is 3.12. The molecule has 3 rings (SSSR count). The summed E-state index contributed by atoms with van der Waals surface area (Å²) in [6, 6.07) is 11.1. The Balaban J connectivity index is 1.70. The van der Waals surface area contributed by atoms with E-state index in [1.165, 1.54) is 18.3 Å². The predicted octanol–water partition coefficient (Wildman–Crippen LogP) is 3.83. The summed E-state index contributed by atoms with van der Waals surface area (Å²) in [6.07, 6.45) is 4.79. The number of carbonyl (C=O) groups is 1. The van der Waals surface area contributed by atoms with Crippen LogP contribution >= 0.6 is 0 Å². The van der Waals surface area contributed by atoms with Crippen LogP contribution in [0.4, 0.5) is 4.39 Å². The number of pyridine rings is 1. The zero-order chi connectivity index (χ0) is 16.9. The van der Waals surface area contributed by atoms with E-state index in [1.807, 2.05) is 0 Å². The lowest BCUT2D eigenvalue weighted by molar-refractivity contribution is 0.0935. The highest BCUT2D eigenvalue weighted by Gasteiger charge is 2.14. The first-order valence-electron chi connectivity index (χ1n) is 7.45. The van der Waals surface area contributed by atoms with E-state index in [2.05, 4.69) is 15.3 Å². The van der Waals surface area contributed by atoms with Gasteiger partial charge in [-0.1, -0.05) is 6.07 Å². The lowest BCUT2D eigenvalue weighted by Gasteiger charge is -2.15. The van der Waals surface area contributed by atoms with Crippen LogP contribution in [-0.2, 0) is 0 Å². The summed E-state index contributed by atoms with van der Waals surface area (Å²) in [7, 11) is 0. The molecule has 2 N–H and O–H groups in total. The van der Waals surface area contributed by atoms with Gasteiger partial charge in [0.05, 0.1) is 12.2 Å². The lowest BCUT2D eigenvalue weighted by Crippen LogP contribution is -2.26. The number of hydrogen-bond donors (Lipinski definition) is 2. The molecule has 0 aliphatic heterocycles. The molecule has 3 aromatic rings. The van der Waals surface area contributed by atoms with Gasteiger partial charge >= 0.3 is 0 Å². The second-order valence-electron chi connectivity index (χ2n) is 5.26. The van der Waals surface area contributed by atoms with Gasteiger partial charge in [0.25, 0.3) is 5.91 Å². The van der Waals surface area contributed by atoms with Gasteiger partial charge in [-0.25, -0.2) is 4.39 Å². The number of aromatic nitrogens is 2. The first-order chi connectivity index (χ1) is 11.6. The number of benzene rings is 1. The van der Waals surface area contributed by atoms with Crippen molar-refractivity contribution >= 4 is 5.91 Å². The van der Waals surface area contributed by atoms with Crippen LogP contribution < -0.4 is 10.1 Å². The predicted molar refractivity (Wildman–Crippen MR) is 87.4 cm³/mol. The van der Waals surface area contributed by atoms with E-state index in [4.69, 9.17) is 4.74 Å². The summed E-state index contributed by atoms with van der Waals surface area (Å²) in [4.78, 5) is 18.8. The summed E-state index contributed by atoms with van der Waals surface area (Å²) in [5.74, 6) is -0.187. The van der Waals surface area contributed by atoms with Crippen LogP contribution in [0.25, 0.3) is 0 Å². The SMILES string of the molecule is C[C@@H](NC(=O)c1ccc[nH]1)c1ccc(Oc2cccnc2)c(F)c1. The molecule has 0 fully saturated rings. The minimum atomic E-state index is -0.502. The number of rotatable bonds is 5. The Morgan fingerprint density at radius 2 is 2.17 bits per heavy atom. The van der Waals surface area contributed by atoms with Gasteiger partial charge in [0.15, 0.2) is 11.6 Å². The van der Waals surface area contributed by atoms with Crippen LogP contribution in [0.5, 0.6) is 11.5 Å². The van der Waals surface area contributed by atoms with Gasteiger partial charge in [-0.2, -0.15) is 0 Å². The van der Waals surface area contributed by atoms with E-state index in [1.54, 1.807) is 49.6 Å². The van der Waals surface area contributed by atoms with E-state index in [0.29, 0.717) is 17.0 Å². The van der Waals surface area contributed by atoms with Crippen LogP contribution in [0.1, 0.15) is 29.0 Å². The molecule has 5 nitrogen and oxygen atoms in total. The van der Waals surface area contributed by atoms with Crippen LogP contribution in [-0.4, -0.2) is 15.9 Å². The third kappa shape index (κ3) is 3.60. The number of H-pyrrole nitrogens is 1. The molecular formula is C18H16FN3O2. The van der Waals surface area contributed by atoms with Gasteiger partial charge in [0.2, 0.25) is 0 Å². The quantitative estimate of drug-likeness (QED) is 0.749. The minimum Gasteiger partial charge on any atom is -0.453 e. The molecule has 0 bridgehead atoms. The molecule has 2 heterocycles. The van der Waals surface area contributed by atoms with Crippen molar-refractivity contribution in [1.29, 1.82) is 0 Å². The molecule has 0 spiro atoms. The maximum atomic E-state index is 14.2. The number of hydrogen-bond acceptors (Lipinski definition) is 3. The second-order valence-corrected chi connectivity index (χ2v) is 5.26. The maximum absolute atomic E-state index is 14.2.